The lowest BCUT2D eigenvalue weighted by Gasteiger charge is -2.27. The summed E-state index contributed by atoms with van der Waals surface area (Å²) >= 11 is 0. The molecule has 3 aliphatic rings. The maximum atomic E-state index is 11.6. The van der Waals surface area contributed by atoms with Gasteiger partial charge in [0.1, 0.15) is 0 Å². The van der Waals surface area contributed by atoms with Gasteiger partial charge in [-0.3, -0.25) is 14.2 Å². The zero-order valence-corrected chi connectivity index (χ0v) is 23.7. The topological polar surface area (TPSA) is 194 Å². The van der Waals surface area contributed by atoms with Gasteiger partial charge in [0.25, 0.3) is 12.9 Å². The fourth-order valence-electron chi connectivity index (χ4n) is 5.74. The van der Waals surface area contributed by atoms with E-state index in [1.54, 1.807) is 10.9 Å². The number of nitrogens with zero attached hydrogens (tertiary/aromatic N) is 6. The maximum Gasteiger partial charge on any atom is 0.293 e. The van der Waals surface area contributed by atoms with Gasteiger partial charge in [-0.05, 0) is 51.4 Å². The van der Waals surface area contributed by atoms with E-state index in [-0.39, 0.29) is 36.4 Å². The van der Waals surface area contributed by atoms with Gasteiger partial charge in [0.05, 0.1) is 6.33 Å². The molecule has 0 amide bonds. The Bertz CT molecular complexity index is 1380. The summed E-state index contributed by atoms with van der Waals surface area (Å²) in [5.74, 6) is 1.88. The van der Waals surface area contributed by atoms with E-state index in [2.05, 4.69) is 39.7 Å². The van der Waals surface area contributed by atoms with Crippen molar-refractivity contribution in [3.05, 3.63) is 18.1 Å². The van der Waals surface area contributed by atoms with Crippen LogP contribution in [0.5, 0.6) is 0 Å². The van der Waals surface area contributed by atoms with E-state index in [0.29, 0.717) is 35.3 Å². The molecule has 15 heteroatoms. The number of aromatic nitrogens is 6. The van der Waals surface area contributed by atoms with Gasteiger partial charge in [0.15, 0.2) is 41.5 Å². The average Bonchev–Trinajstić information content (AvgIpc) is 3.41. The summed E-state index contributed by atoms with van der Waals surface area (Å²) in [6.45, 7) is 4.79. The highest BCUT2D eigenvalue weighted by Crippen LogP contribution is 2.45. The summed E-state index contributed by atoms with van der Waals surface area (Å²) in [6, 6.07) is 0.569. The number of rotatable bonds is 13. The molecule has 2 saturated carbocycles. The third-order valence-electron chi connectivity index (χ3n) is 8.37. The summed E-state index contributed by atoms with van der Waals surface area (Å²) in [5, 5.41) is 15.3. The molecule has 0 radical (unpaired) electrons. The van der Waals surface area contributed by atoms with Crippen LogP contribution in [-0.4, -0.2) is 73.0 Å². The number of hydrogen-bond acceptors (Lipinski definition) is 14. The van der Waals surface area contributed by atoms with Crippen LogP contribution >= 0.6 is 0 Å². The predicted octanol–water partition coefficient (Wildman–Crippen LogP) is 2.72. The second-order valence-corrected chi connectivity index (χ2v) is 11.2. The molecule has 0 unspecified atom stereocenters. The molecule has 4 heterocycles. The Balaban J connectivity index is 1.38. The predicted molar refractivity (Wildman–Crippen MR) is 148 cm³/mol. The number of imidazole rings is 1. The first-order valence-corrected chi connectivity index (χ1v) is 14.7. The number of fused-ring (bicyclic) bond motifs is 1. The molecule has 4 atom stereocenters. The fraction of sp³-hybridized carbons (Fsp3) is 0.667. The van der Waals surface area contributed by atoms with Crippen molar-refractivity contribution in [2.45, 2.75) is 114 Å². The van der Waals surface area contributed by atoms with Crippen molar-refractivity contribution in [1.82, 2.24) is 29.7 Å². The molecule has 0 aromatic carbocycles. The summed E-state index contributed by atoms with van der Waals surface area (Å²) in [6.07, 6.45) is 4.92. The normalized spacial score (nSPS) is 27.7. The molecule has 1 saturated heterocycles. The second-order valence-electron chi connectivity index (χ2n) is 11.2. The molecule has 3 aromatic heterocycles. The Labute approximate surface area is 242 Å². The first kappa shape index (κ1) is 28.3. The average molecular weight is 584 g/mol. The molecule has 0 bridgehead atoms. The number of anilines is 2. The van der Waals surface area contributed by atoms with Crippen molar-refractivity contribution >= 4 is 35.9 Å². The van der Waals surface area contributed by atoms with Gasteiger partial charge < -0.3 is 35.0 Å². The molecule has 3 aromatic rings. The van der Waals surface area contributed by atoms with E-state index in [0.717, 1.165) is 51.4 Å². The lowest BCUT2D eigenvalue weighted by atomic mass is 9.92. The maximum absolute atomic E-state index is 11.6. The van der Waals surface area contributed by atoms with Gasteiger partial charge in [-0.1, -0.05) is 13.8 Å². The summed E-state index contributed by atoms with van der Waals surface area (Å²) < 4.78 is 24.7. The Morgan fingerprint density at radius 1 is 1.02 bits per heavy atom. The molecule has 226 valence electrons. The van der Waals surface area contributed by atoms with Crippen molar-refractivity contribution in [2.75, 3.05) is 10.6 Å². The molecular formula is C27H37N9O6. The third kappa shape index (κ3) is 5.62. The lowest BCUT2D eigenvalue weighted by Crippen LogP contribution is -2.34. The Hall–Kier alpha value is -3.85. The number of nitrogens with two attached hydrogens (primary N) is 1. The Morgan fingerprint density at radius 2 is 1.74 bits per heavy atom. The first-order chi connectivity index (χ1) is 20.5. The van der Waals surface area contributed by atoms with Crippen LogP contribution in [0.4, 0.5) is 11.8 Å². The zero-order chi connectivity index (χ0) is 29.2. The van der Waals surface area contributed by atoms with Gasteiger partial charge in [0, 0.05) is 24.0 Å². The highest BCUT2D eigenvalue weighted by atomic mass is 16.6. The van der Waals surface area contributed by atoms with Crippen LogP contribution in [0.2, 0.25) is 0 Å². The molecule has 15 nitrogen and oxygen atoms in total. The van der Waals surface area contributed by atoms with Crippen LogP contribution in [0.1, 0.15) is 95.2 Å². The highest BCUT2D eigenvalue weighted by Gasteiger charge is 2.52. The smallest absolute Gasteiger partial charge is 0.293 e. The van der Waals surface area contributed by atoms with E-state index in [1.165, 1.54) is 0 Å². The minimum absolute atomic E-state index is 0.138. The minimum atomic E-state index is -1.05. The van der Waals surface area contributed by atoms with Crippen molar-refractivity contribution in [3.8, 4) is 0 Å². The van der Waals surface area contributed by atoms with Gasteiger partial charge >= 0.3 is 0 Å². The van der Waals surface area contributed by atoms with Gasteiger partial charge in [-0.15, -0.1) is 10.2 Å². The molecule has 4 N–H and O–H groups in total. The number of carbonyl (C=O) groups excluding carboxylic acids is 2. The van der Waals surface area contributed by atoms with Gasteiger partial charge in [-0.2, -0.15) is 9.97 Å². The van der Waals surface area contributed by atoms with Gasteiger partial charge in [-0.25, -0.2) is 4.98 Å². The zero-order valence-electron chi connectivity index (χ0n) is 23.7. The van der Waals surface area contributed by atoms with Crippen LogP contribution in [-0.2, 0) is 23.8 Å². The number of nitrogens with one attached hydrogen (secondary N) is 2. The monoisotopic (exact) mass is 583 g/mol. The molecule has 42 heavy (non-hydrogen) atoms. The van der Waals surface area contributed by atoms with Crippen LogP contribution in [0.25, 0.3) is 11.2 Å². The van der Waals surface area contributed by atoms with Crippen molar-refractivity contribution in [1.29, 1.82) is 0 Å². The van der Waals surface area contributed by atoms with Crippen molar-refractivity contribution < 1.29 is 28.2 Å². The van der Waals surface area contributed by atoms with E-state index in [9.17, 15) is 9.59 Å². The number of carbonyl (C=O) groups is 2. The molecular weight excluding hydrogens is 546 g/mol. The Kier molecular flexibility index (Phi) is 8.20. The molecule has 0 spiro atoms. The van der Waals surface area contributed by atoms with E-state index in [1.807, 2.05) is 0 Å². The fourth-order valence-corrected chi connectivity index (χ4v) is 5.74. The molecule has 1 aliphatic heterocycles. The van der Waals surface area contributed by atoms with Crippen molar-refractivity contribution in [2.24, 2.45) is 5.73 Å². The van der Waals surface area contributed by atoms with Crippen LogP contribution in [0, 0.1) is 0 Å². The number of ether oxygens (including phenoxy) is 3. The molecule has 2 aliphatic carbocycles. The Morgan fingerprint density at radius 3 is 2.43 bits per heavy atom. The second kappa shape index (κ2) is 12.2. The van der Waals surface area contributed by atoms with Crippen molar-refractivity contribution in [3.63, 3.8) is 0 Å². The summed E-state index contributed by atoms with van der Waals surface area (Å²) in [4.78, 5) is 37.4. The SMILES string of the molecule is CCC(CC)Nc1nc(NC2CCC(N)CC2)nc2c1ncn2[C@@H]1O[C@H](c2nnc(C3CC3)o2)[C@@H](OC=O)[C@H]1OC=O. The van der Waals surface area contributed by atoms with Crippen LogP contribution in [0.3, 0.4) is 0 Å². The first-order valence-electron chi connectivity index (χ1n) is 14.7. The summed E-state index contributed by atoms with van der Waals surface area (Å²) in [7, 11) is 0. The van der Waals surface area contributed by atoms with E-state index in [4.69, 9.17) is 34.3 Å². The summed E-state index contributed by atoms with van der Waals surface area (Å²) in [5.41, 5.74) is 7.09. The largest absolute Gasteiger partial charge is 0.457 e. The highest BCUT2D eigenvalue weighted by molar-refractivity contribution is 5.84. The lowest BCUT2D eigenvalue weighted by molar-refractivity contribution is -0.151. The third-order valence-corrected chi connectivity index (χ3v) is 8.37. The standard InChI is InChI=1S/C27H37N9O6/c1-3-16(4-2)30-22-18-23(33-27(32-22)31-17-9-7-15(28)8-10-17)36(11-29-18)26-21(40-13-38)19(39-12-37)20(41-26)25-35-34-24(42-25)14-5-6-14/h11-17,19-21,26H,3-10,28H2,1-2H3,(H2,30,31,32,33)/t15?,17?,19-,20+,21-,26-/m1/s1. The van der Waals surface area contributed by atoms with Gasteiger partial charge in [0.2, 0.25) is 17.7 Å². The molecule has 6 rings (SSSR count). The molecule has 3 fully saturated rings. The van der Waals surface area contributed by atoms with E-state index < -0.39 is 24.5 Å². The quantitative estimate of drug-likeness (QED) is 0.248. The van der Waals surface area contributed by atoms with Crippen LogP contribution in [0.15, 0.2) is 10.7 Å². The minimum Gasteiger partial charge on any atom is -0.457 e. The van der Waals surface area contributed by atoms with Crippen LogP contribution < -0.4 is 16.4 Å². The van der Waals surface area contributed by atoms with E-state index >= 15 is 0 Å². The number of hydrogen-bond donors (Lipinski definition) is 3.